The van der Waals surface area contributed by atoms with Gasteiger partial charge in [0.2, 0.25) is 0 Å². The fraction of sp³-hybridized carbons (Fsp3) is 0.182. The first-order chi connectivity index (χ1) is 8.58. The Bertz CT molecular complexity index is 616. The number of carbonyl (C=O) groups is 2. The molecule has 1 aromatic rings. The molecule has 92 valence electrons. The summed E-state index contributed by atoms with van der Waals surface area (Å²) in [5.41, 5.74) is 1.14. The summed E-state index contributed by atoms with van der Waals surface area (Å²) >= 11 is 1.30. The zero-order valence-electron chi connectivity index (χ0n) is 9.28. The fourth-order valence-corrected chi connectivity index (χ4v) is 2.99. The molecule has 0 spiro atoms. The van der Waals surface area contributed by atoms with E-state index in [2.05, 4.69) is 4.98 Å². The first kappa shape index (κ1) is 11.1. The van der Waals surface area contributed by atoms with E-state index in [0.29, 0.717) is 17.2 Å². The number of aryl methyl sites for hydroxylation is 1. The number of fused-ring (bicyclic) bond motifs is 1. The van der Waals surface area contributed by atoms with Gasteiger partial charge in [-0.05, 0) is 6.08 Å². The number of hydrogen-bond acceptors (Lipinski definition) is 5. The molecule has 0 aromatic carbocycles. The van der Waals surface area contributed by atoms with Gasteiger partial charge in [0.15, 0.2) is 5.89 Å². The van der Waals surface area contributed by atoms with Crippen LogP contribution in [0.3, 0.4) is 0 Å². The van der Waals surface area contributed by atoms with Crippen molar-refractivity contribution in [3.8, 4) is 0 Å². The number of aliphatic carboxylic acids is 1. The van der Waals surface area contributed by atoms with Crippen LogP contribution in [0.4, 0.5) is 0 Å². The molecule has 0 radical (unpaired) electrons. The molecule has 6 nitrogen and oxygen atoms in total. The van der Waals surface area contributed by atoms with Crippen molar-refractivity contribution in [2.45, 2.75) is 12.3 Å². The van der Waals surface area contributed by atoms with Crippen LogP contribution >= 0.6 is 11.8 Å². The molecule has 0 bridgehead atoms. The van der Waals surface area contributed by atoms with Crippen LogP contribution < -0.4 is 0 Å². The molecular formula is C11H8N2O4S. The Morgan fingerprint density at radius 1 is 1.67 bits per heavy atom. The van der Waals surface area contributed by atoms with Crippen molar-refractivity contribution in [3.05, 3.63) is 34.5 Å². The second kappa shape index (κ2) is 3.74. The first-order valence-corrected chi connectivity index (χ1v) is 6.08. The minimum absolute atomic E-state index is 0.0310. The average molecular weight is 264 g/mol. The quantitative estimate of drug-likeness (QED) is 0.638. The highest BCUT2D eigenvalue weighted by Gasteiger charge is 2.49. The van der Waals surface area contributed by atoms with E-state index in [4.69, 9.17) is 9.52 Å². The van der Waals surface area contributed by atoms with Crippen LogP contribution in [0.2, 0.25) is 0 Å². The third kappa shape index (κ3) is 1.47. The molecule has 1 fully saturated rings. The lowest BCUT2D eigenvalue weighted by atomic mass is 10.0. The largest absolute Gasteiger partial charge is 0.477 e. The Morgan fingerprint density at radius 2 is 2.44 bits per heavy atom. The van der Waals surface area contributed by atoms with Crippen molar-refractivity contribution in [1.29, 1.82) is 0 Å². The summed E-state index contributed by atoms with van der Waals surface area (Å²) in [5.74, 6) is -0.858. The van der Waals surface area contributed by atoms with E-state index in [9.17, 15) is 9.59 Å². The molecule has 1 unspecified atom stereocenters. The Morgan fingerprint density at radius 3 is 3.06 bits per heavy atom. The van der Waals surface area contributed by atoms with E-state index in [1.54, 1.807) is 13.0 Å². The van der Waals surface area contributed by atoms with E-state index < -0.39 is 5.97 Å². The van der Waals surface area contributed by atoms with Crippen molar-refractivity contribution in [1.82, 2.24) is 9.88 Å². The maximum absolute atomic E-state index is 11.9. The highest BCUT2D eigenvalue weighted by atomic mass is 32.2. The van der Waals surface area contributed by atoms with Gasteiger partial charge in [0.05, 0.1) is 5.57 Å². The lowest BCUT2D eigenvalue weighted by Crippen LogP contribution is -2.51. The molecular weight excluding hydrogens is 256 g/mol. The molecule has 1 N–H and O–H groups in total. The zero-order chi connectivity index (χ0) is 12.9. The minimum atomic E-state index is -1.09. The first-order valence-electron chi connectivity index (χ1n) is 5.14. The van der Waals surface area contributed by atoms with Crippen LogP contribution in [0.1, 0.15) is 11.6 Å². The van der Waals surface area contributed by atoms with Gasteiger partial charge in [0.25, 0.3) is 5.91 Å². The molecule has 0 aliphatic carbocycles. The Hall–Kier alpha value is -2.02. The maximum Gasteiger partial charge on any atom is 0.353 e. The van der Waals surface area contributed by atoms with Gasteiger partial charge < -0.3 is 9.52 Å². The van der Waals surface area contributed by atoms with Gasteiger partial charge in [-0.25, -0.2) is 9.78 Å². The van der Waals surface area contributed by atoms with Gasteiger partial charge in [-0.1, -0.05) is 0 Å². The Labute approximate surface area is 106 Å². The van der Waals surface area contributed by atoms with E-state index >= 15 is 0 Å². The Balaban J connectivity index is 1.86. The SMILES string of the molecule is Cc1nc(/C=C2/C(=O)N3C(C(=O)O)=CSC23)co1. The molecule has 1 atom stereocenters. The third-order valence-electron chi connectivity index (χ3n) is 2.69. The summed E-state index contributed by atoms with van der Waals surface area (Å²) in [4.78, 5) is 28.1. The number of hydrogen-bond donors (Lipinski definition) is 1. The van der Waals surface area contributed by atoms with Crippen molar-refractivity contribution in [2.24, 2.45) is 0 Å². The van der Waals surface area contributed by atoms with Gasteiger partial charge >= 0.3 is 5.97 Å². The van der Waals surface area contributed by atoms with E-state index in [0.717, 1.165) is 0 Å². The lowest BCUT2D eigenvalue weighted by Gasteiger charge is -2.36. The molecule has 3 heterocycles. The molecule has 1 amide bonds. The summed E-state index contributed by atoms with van der Waals surface area (Å²) in [6, 6.07) is 0. The number of rotatable bonds is 2. The van der Waals surface area contributed by atoms with Gasteiger partial charge in [-0.15, -0.1) is 11.8 Å². The number of nitrogens with zero attached hydrogens (tertiary/aromatic N) is 2. The van der Waals surface area contributed by atoms with Gasteiger partial charge in [-0.3, -0.25) is 9.69 Å². The van der Waals surface area contributed by atoms with E-state index in [1.807, 2.05) is 0 Å². The smallest absolute Gasteiger partial charge is 0.353 e. The van der Waals surface area contributed by atoms with Crippen LogP contribution in [-0.2, 0) is 9.59 Å². The third-order valence-corrected chi connectivity index (χ3v) is 3.78. The van der Waals surface area contributed by atoms with Crippen LogP contribution in [0.5, 0.6) is 0 Å². The van der Waals surface area contributed by atoms with Crippen molar-refractivity contribution in [3.63, 3.8) is 0 Å². The number of carboxylic acid groups (broad SMARTS) is 1. The lowest BCUT2D eigenvalue weighted by molar-refractivity contribution is -0.141. The molecule has 7 heteroatoms. The zero-order valence-corrected chi connectivity index (χ0v) is 10.1. The Kier molecular flexibility index (Phi) is 2.30. The standard InChI is InChI=1S/C11H8N2O4S/c1-5-12-6(3-17-5)2-7-9(14)13-8(11(15)16)4-18-10(7)13/h2-4,10H,1H3,(H,15,16)/b7-2-. The summed E-state index contributed by atoms with van der Waals surface area (Å²) < 4.78 is 5.05. The molecule has 1 aromatic heterocycles. The summed E-state index contributed by atoms with van der Waals surface area (Å²) in [6.07, 6.45) is 3.09. The topological polar surface area (TPSA) is 83.6 Å². The number of carboxylic acids is 1. The number of β-lactam (4-membered cyclic amide) rings is 1. The molecule has 18 heavy (non-hydrogen) atoms. The van der Waals surface area contributed by atoms with Gasteiger partial charge in [0, 0.05) is 12.3 Å². The number of aromatic nitrogens is 1. The number of thioether (sulfide) groups is 1. The molecule has 2 aliphatic heterocycles. The number of oxazole rings is 1. The summed E-state index contributed by atoms with van der Waals surface area (Å²) in [5, 5.41) is 10.1. The monoisotopic (exact) mass is 264 g/mol. The van der Waals surface area contributed by atoms with Crippen LogP contribution in [0.25, 0.3) is 6.08 Å². The van der Waals surface area contributed by atoms with E-state index in [1.165, 1.54) is 28.3 Å². The van der Waals surface area contributed by atoms with Gasteiger partial charge in [-0.2, -0.15) is 0 Å². The normalized spacial score (nSPS) is 23.9. The molecule has 3 rings (SSSR count). The van der Waals surface area contributed by atoms with Gasteiger partial charge in [0.1, 0.15) is 23.0 Å². The number of carbonyl (C=O) groups excluding carboxylic acids is 1. The minimum Gasteiger partial charge on any atom is -0.477 e. The average Bonchev–Trinajstić information content (AvgIpc) is 2.89. The fourth-order valence-electron chi connectivity index (χ4n) is 1.87. The summed E-state index contributed by atoms with van der Waals surface area (Å²) in [6.45, 7) is 1.71. The molecule has 2 aliphatic rings. The second-order valence-corrected chi connectivity index (χ2v) is 4.82. The van der Waals surface area contributed by atoms with E-state index in [-0.39, 0.29) is 17.0 Å². The summed E-state index contributed by atoms with van der Waals surface area (Å²) in [7, 11) is 0. The van der Waals surface area contributed by atoms with Crippen LogP contribution in [-0.4, -0.2) is 32.2 Å². The van der Waals surface area contributed by atoms with Crippen LogP contribution in [0, 0.1) is 6.92 Å². The van der Waals surface area contributed by atoms with Crippen molar-refractivity contribution >= 4 is 29.7 Å². The molecule has 1 saturated heterocycles. The maximum atomic E-state index is 11.9. The predicted octanol–water partition coefficient (Wildman–Crippen LogP) is 1.21. The molecule has 0 saturated carbocycles. The van der Waals surface area contributed by atoms with Crippen molar-refractivity contribution < 1.29 is 19.1 Å². The highest BCUT2D eigenvalue weighted by Crippen LogP contribution is 2.44. The van der Waals surface area contributed by atoms with Crippen molar-refractivity contribution in [2.75, 3.05) is 0 Å². The van der Waals surface area contributed by atoms with Crippen LogP contribution in [0.15, 0.2) is 27.4 Å². The second-order valence-electron chi connectivity index (χ2n) is 3.86. The highest BCUT2D eigenvalue weighted by molar-refractivity contribution is 8.03. The predicted molar refractivity (Wildman–Crippen MR) is 63.2 cm³/mol. The number of amides is 1.